The van der Waals surface area contributed by atoms with E-state index in [4.69, 9.17) is 0 Å². The molecular weight excluding hydrogens is 290 g/mol. The molecule has 0 spiro atoms. The number of methoxy groups -OCH3 is 1. The first-order chi connectivity index (χ1) is 7.97. The molecule has 0 aliphatic rings. The molecule has 0 aliphatic heterocycles. The van der Waals surface area contributed by atoms with E-state index in [0.717, 1.165) is 0 Å². The summed E-state index contributed by atoms with van der Waals surface area (Å²) >= 11 is 3.16. The number of aromatic amines is 1. The number of hydrogen-bond acceptors (Lipinski definition) is 5. The average Bonchev–Trinajstić information content (AvgIpc) is 2.29. The molecule has 0 saturated heterocycles. The number of ether oxygens (including phenoxy) is 1. The first-order valence-electron chi connectivity index (χ1n) is 5.04. The Morgan fingerprint density at radius 3 is 2.82 bits per heavy atom. The number of aromatic nitrogens is 2. The lowest BCUT2D eigenvalue weighted by Crippen LogP contribution is -2.38. The number of H-pyrrole nitrogens is 1. The van der Waals surface area contributed by atoms with Crippen LogP contribution in [0.4, 0.5) is 5.82 Å². The third-order valence-corrected chi connectivity index (χ3v) is 2.92. The topological polar surface area (TPSA) is 75.3 Å². The summed E-state index contributed by atoms with van der Waals surface area (Å²) in [6.07, 6.45) is 1.30. The van der Waals surface area contributed by atoms with Crippen LogP contribution < -0.4 is 10.5 Å². The fraction of sp³-hybridized carbons (Fsp3) is 0.500. The standard InChI is InChI=1S/C10H14BrN3O3/c1-6(2)14(4-7(15)17-3)9-8(11)10(16)13-5-12-9/h5-6H,4H2,1-3H3,(H,12,13,16). The van der Waals surface area contributed by atoms with Crippen molar-refractivity contribution in [3.05, 3.63) is 21.2 Å². The van der Waals surface area contributed by atoms with E-state index < -0.39 is 0 Å². The summed E-state index contributed by atoms with van der Waals surface area (Å²) in [7, 11) is 1.32. The highest BCUT2D eigenvalue weighted by Gasteiger charge is 2.20. The van der Waals surface area contributed by atoms with Crippen molar-refractivity contribution in [3.63, 3.8) is 0 Å². The molecule has 0 unspecified atom stereocenters. The van der Waals surface area contributed by atoms with Gasteiger partial charge in [0.15, 0.2) is 5.82 Å². The van der Waals surface area contributed by atoms with Crippen molar-refractivity contribution < 1.29 is 9.53 Å². The van der Waals surface area contributed by atoms with Gasteiger partial charge in [0.1, 0.15) is 11.0 Å². The van der Waals surface area contributed by atoms with E-state index in [1.165, 1.54) is 13.4 Å². The Morgan fingerprint density at radius 1 is 1.65 bits per heavy atom. The van der Waals surface area contributed by atoms with Crippen LogP contribution in [0.3, 0.4) is 0 Å². The zero-order valence-electron chi connectivity index (χ0n) is 9.86. The van der Waals surface area contributed by atoms with Crippen molar-refractivity contribution in [1.82, 2.24) is 9.97 Å². The van der Waals surface area contributed by atoms with Crippen molar-refractivity contribution in [2.75, 3.05) is 18.6 Å². The van der Waals surface area contributed by atoms with Crippen LogP contribution >= 0.6 is 15.9 Å². The second-order valence-electron chi connectivity index (χ2n) is 3.67. The number of rotatable bonds is 4. The molecule has 7 heteroatoms. The molecular formula is C10H14BrN3O3. The molecule has 0 aliphatic carbocycles. The molecule has 1 heterocycles. The van der Waals surface area contributed by atoms with E-state index in [2.05, 4.69) is 30.6 Å². The molecule has 6 nitrogen and oxygen atoms in total. The summed E-state index contributed by atoms with van der Waals surface area (Å²) in [5, 5.41) is 0. The third-order valence-electron chi connectivity index (χ3n) is 2.20. The maximum absolute atomic E-state index is 11.4. The van der Waals surface area contributed by atoms with E-state index >= 15 is 0 Å². The highest BCUT2D eigenvalue weighted by molar-refractivity contribution is 9.10. The van der Waals surface area contributed by atoms with Gasteiger partial charge in [-0.1, -0.05) is 0 Å². The molecule has 0 bridgehead atoms. The highest BCUT2D eigenvalue weighted by atomic mass is 79.9. The minimum atomic E-state index is -0.382. The summed E-state index contributed by atoms with van der Waals surface area (Å²) in [6.45, 7) is 3.85. The lowest BCUT2D eigenvalue weighted by Gasteiger charge is -2.26. The molecule has 0 saturated carbocycles. The number of halogens is 1. The Hall–Kier alpha value is -1.37. The van der Waals surface area contributed by atoms with Crippen LogP contribution in [0.15, 0.2) is 15.6 Å². The maximum Gasteiger partial charge on any atom is 0.325 e. The van der Waals surface area contributed by atoms with Gasteiger partial charge in [-0.25, -0.2) is 4.98 Å². The number of nitrogens with zero attached hydrogens (tertiary/aromatic N) is 2. The fourth-order valence-corrected chi connectivity index (χ4v) is 1.72. The van der Waals surface area contributed by atoms with Crippen LogP contribution in [0, 0.1) is 0 Å². The predicted octanol–water partition coefficient (Wildman–Crippen LogP) is 0.920. The van der Waals surface area contributed by atoms with Crippen molar-refractivity contribution in [1.29, 1.82) is 0 Å². The first-order valence-corrected chi connectivity index (χ1v) is 5.83. The Kier molecular flexibility index (Phi) is 4.68. The number of hydrogen-bond donors (Lipinski definition) is 1. The summed E-state index contributed by atoms with van der Waals surface area (Å²) < 4.78 is 4.92. The van der Waals surface area contributed by atoms with E-state index in [1.807, 2.05) is 13.8 Å². The lowest BCUT2D eigenvalue weighted by atomic mass is 10.3. The molecule has 1 aromatic rings. The zero-order chi connectivity index (χ0) is 13.0. The lowest BCUT2D eigenvalue weighted by molar-refractivity contribution is -0.139. The number of carbonyl (C=O) groups excluding carboxylic acids is 1. The van der Waals surface area contributed by atoms with Crippen LogP contribution in [-0.2, 0) is 9.53 Å². The predicted molar refractivity (Wildman–Crippen MR) is 67.1 cm³/mol. The van der Waals surface area contributed by atoms with Gasteiger partial charge in [0, 0.05) is 6.04 Å². The second kappa shape index (κ2) is 5.81. The monoisotopic (exact) mass is 303 g/mol. The zero-order valence-corrected chi connectivity index (χ0v) is 11.4. The third kappa shape index (κ3) is 3.29. The smallest absolute Gasteiger partial charge is 0.325 e. The van der Waals surface area contributed by atoms with Crippen LogP contribution in [0.1, 0.15) is 13.8 Å². The van der Waals surface area contributed by atoms with Crippen LogP contribution in [0.25, 0.3) is 0 Å². The SMILES string of the molecule is COC(=O)CN(c1nc[nH]c(=O)c1Br)C(C)C. The normalized spacial score (nSPS) is 10.4. The molecule has 0 fully saturated rings. The first kappa shape index (κ1) is 13.7. The minimum absolute atomic E-state index is 0.0136. The maximum atomic E-state index is 11.4. The van der Waals surface area contributed by atoms with Gasteiger partial charge in [0.2, 0.25) is 0 Å². The molecule has 17 heavy (non-hydrogen) atoms. The molecule has 0 radical (unpaired) electrons. The van der Waals surface area contributed by atoms with Gasteiger partial charge in [0.05, 0.1) is 13.4 Å². The van der Waals surface area contributed by atoms with Crippen LogP contribution in [0.5, 0.6) is 0 Å². The largest absolute Gasteiger partial charge is 0.468 e. The van der Waals surface area contributed by atoms with Crippen molar-refractivity contribution >= 4 is 27.7 Å². The second-order valence-corrected chi connectivity index (χ2v) is 4.46. The van der Waals surface area contributed by atoms with Gasteiger partial charge in [-0.2, -0.15) is 0 Å². The number of anilines is 1. The molecule has 1 rings (SSSR count). The molecule has 0 aromatic carbocycles. The summed E-state index contributed by atoms with van der Waals surface area (Å²) in [5.41, 5.74) is -0.287. The molecule has 94 valence electrons. The van der Waals surface area contributed by atoms with Gasteiger partial charge in [-0.3, -0.25) is 9.59 Å². The van der Waals surface area contributed by atoms with E-state index in [-0.39, 0.29) is 24.1 Å². The van der Waals surface area contributed by atoms with E-state index in [0.29, 0.717) is 10.3 Å². The Morgan fingerprint density at radius 2 is 2.29 bits per heavy atom. The van der Waals surface area contributed by atoms with Gasteiger partial charge in [-0.15, -0.1) is 0 Å². The van der Waals surface area contributed by atoms with E-state index in [9.17, 15) is 9.59 Å². The Balaban J connectivity index is 3.10. The molecule has 0 amide bonds. The average molecular weight is 304 g/mol. The van der Waals surface area contributed by atoms with Gasteiger partial charge < -0.3 is 14.6 Å². The summed E-state index contributed by atoms with van der Waals surface area (Å²) in [4.78, 5) is 30.9. The highest BCUT2D eigenvalue weighted by Crippen LogP contribution is 2.20. The number of esters is 1. The van der Waals surface area contributed by atoms with Crippen LogP contribution in [0.2, 0.25) is 0 Å². The quantitative estimate of drug-likeness (QED) is 0.837. The minimum Gasteiger partial charge on any atom is -0.468 e. The molecule has 1 N–H and O–H groups in total. The fourth-order valence-electron chi connectivity index (χ4n) is 1.28. The molecule has 0 atom stereocenters. The number of carbonyl (C=O) groups is 1. The van der Waals surface area contributed by atoms with E-state index in [1.54, 1.807) is 4.90 Å². The van der Waals surface area contributed by atoms with Gasteiger partial charge in [0.25, 0.3) is 5.56 Å². The summed E-state index contributed by atoms with van der Waals surface area (Å²) in [5.74, 6) is 0.0434. The Bertz CT molecular complexity index is 458. The van der Waals surface area contributed by atoms with Gasteiger partial charge in [-0.05, 0) is 29.8 Å². The van der Waals surface area contributed by atoms with Crippen molar-refractivity contribution in [2.24, 2.45) is 0 Å². The van der Waals surface area contributed by atoms with Gasteiger partial charge >= 0.3 is 5.97 Å². The number of nitrogens with one attached hydrogen (secondary N) is 1. The van der Waals surface area contributed by atoms with Crippen molar-refractivity contribution in [3.8, 4) is 0 Å². The molecule has 1 aromatic heterocycles. The Labute approximate surface area is 107 Å². The van der Waals surface area contributed by atoms with Crippen molar-refractivity contribution in [2.45, 2.75) is 19.9 Å². The van der Waals surface area contributed by atoms with Crippen LogP contribution in [-0.4, -0.2) is 35.6 Å². The summed E-state index contributed by atoms with van der Waals surface area (Å²) in [6, 6.07) is 0.0136.